The van der Waals surface area contributed by atoms with Crippen LogP contribution in [0.4, 0.5) is 4.39 Å². The van der Waals surface area contributed by atoms with E-state index >= 15 is 0 Å². The van der Waals surface area contributed by atoms with E-state index in [4.69, 9.17) is 9.47 Å². The second-order valence-corrected chi connectivity index (χ2v) is 22.2. The van der Waals surface area contributed by atoms with E-state index in [-0.39, 0.29) is 79.3 Å². The van der Waals surface area contributed by atoms with Crippen LogP contribution in [-0.2, 0) is 44.7 Å². The fraction of sp³-hybridized carbons (Fsp3) is 0.600. The molecule has 77 heavy (non-hydrogen) atoms. The first-order valence-electron chi connectivity index (χ1n) is 27.6. The Morgan fingerprint density at radius 2 is 1.78 bits per heavy atom. The number of ketones is 1. The second-order valence-electron chi connectivity index (χ2n) is 22.2. The summed E-state index contributed by atoms with van der Waals surface area (Å²) in [5.74, 6) is -5.77. The van der Waals surface area contributed by atoms with Crippen molar-refractivity contribution in [2.75, 3.05) is 6.54 Å². The molecule has 0 saturated carbocycles. The molecule has 2 fully saturated rings. The summed E-state index contributed by atoms with van der Waals surface area (Å²) in [5.41, 5.74) is 4.42. The Kier molecular flexibility index (Phi) is 23.3. The van der Waals surface area contributed by atoms with E-state index in [1.165, 1.54) is 43.1 Å². The molecule has 0 aromatic heterocycles. The number of hydrogen-bond acceptors (Lipinski definition) is 12. The minimum Gasteiger partial charge on any atom is -0.456 e. The first-order valence-corrected chi connectivity index (χ1v) is 27.6. The molecule has 15 unspecified atom stereocenters. The van der Waals surface area contributed by atoms with Crippen molar-refractivity contribution in [1.82, 2.24) is 26.4 Å². The number of aliphatic hydroxyl groups excluding tert-OH is 3. The molecule has 15 atom stereocenters. The molecular formula is C60H86FN5O11. The highest BCUT2D eigenvalue weighted by Gasteiger charge is 2.51. The van der Waals surface area contributed by atoms with Gasteiger partial charge in [0, 0.05) is 55.9 Å². The van der Waals surface area contributed by atoms with E-state index < -0.39 is 89.6 Å². The Labute approximate surface area is 455 Å². The SMILES string of the molecule is C=C(C)C1NC(=O)C(CCC(C)=O)C(O)C(C)C(O)C=CC=CCC(C(C)=CC=CCCC(C)C(O)CC2OC3(NC(=O)C(CC)CC3C)C(C)=CC2C)OC(=O)C2CCCN(N2)C(=O)C(Cc2cccc(F)c2)NC1=O. The van der Waals surface area contributed by atoms with Gasteiger partial charge < -0.3 is 45.5 Å². The standard InChI is InChI=1S/C60H86FN5O11/c1-11-44-31-40(8)60(64-55(44)71)39(7)30-38(6)52(77-60)34-50(69)36(4)20-14-12-15-21-37(5)51-26-17-13-16-25-49(68)42(10)54(70)46(28-27-41(9)67)56(72)63-53(35(2)3)57(73)62-48(33-43-22-18-23-45(61)32-43)58(74)66-29-19-24-47(65-66)59(75)76-51/h12-13,15-18,21-23,25,30,32,36,38,40,42,44,46-54,65,68-70H,2,11,14,19-20,24,26-29,31,33-34H2,1,3-10H3,(H,62,73)(H,63,72)(H,64,71). The highest BCUT2D eigenvalue weighted by atomic mass is 19.1. The minimum atomic E-state index is -1.47. The molecule has 17 heteroatoms. The van der Waals surface area contributed by atoms with Crippen molar-refractivity contribution >= 4 is 35.4 Å². The average molecular weight is 1070 g/mol. The van der Waals surface area contributed by atoms with E-state index in [1.54, 1.807) is 31.2 Å². The summed E-state index contributed by atoms with van der Waals surface area (Å²) >= 11 is 0. The molecule has 2 saturated heterocycles. The number of carbonyl (C=O) groups excluding carboxylic acids is 6. The van der Waals surface area contributed by atoms with Crippen molar-refractivity contribution in [3.05, 3.63) is 108 Å². The van der Waals surface area contributed by atoms with Crippen LogP contribution in [0.15, 0.2) is 96.2 Å². The first kappa shape index (κ1) is 62.3. The van der Waals surface area contributed by atoms with Gasteiger partial charge in [-0.25, -0.2) is 9.82 Å². The van der Waals surface area contributed by atoms with Crippen molar-refractivity contribution in [2.24, 2.45) is 35.5 Å². The zero-order chi connectivity index (χ0) is 56.7. The number of nitrogens with zero attached hydrogens (tertiary/aromatic N) is 1. The summed E-state index contributed by atoms with van der Waals surface area (Å²) in [6.07, 6.45) is 13.8. The van der Waals surface area contributed by atoms with Gasteiger partial charge in [-0.05, 0) is 113 Å². The molecule has 2 bridgehead atoms. The largest absolute Gasteiger partial charge is 0.456 e. The van der Waals surface area contributed by atoms with Crippen molar-refractivity contribution in [2.45, 2.75) is 187 Å². The normalized spacial score (nSPS) is 32.3. The summed E-state index contributed by atoms with van der Waals surface area (Å²) in [6.45, 7) is 20.6. The Balaban J connectivity index is 1.35. The number of ether oxygens (including phenoxy) is 2. The van der Waals surface area contributed by atoms with Crippen LogP contribution in [0.5, 0.6) is 0 Å². The van der Waals surface area contributed by atoms with E-state index in [1.807, 2.05) is 45.9 Å². The summed E-state index contributed by atoms with van der Waals surface area (Å²) < 4.78 is 27.4. The lowest BCUT2D eigenvalue weighted by atomic mass is 9.75. The molecular weight excluding hydrogens is 986 g/mol. The van der Waals surface area contributed by atoms with E-state index in [2.05, 4.69) is 47.9 Å². The Morgan fingerprint density at radius 3 is 2.47 bits per heavy atom. The number of rotatable bonds is 15. The molecule has 424 valence electrons. The summed E-state index contributed by atoms with van der Waals surface area (Å²) in [6, 6.07) is 1.89. The van der Waals surface area contributed by atoms with Crippen LogP contribution in [0.3, 0.4) is 0 Å². The predicted octanol–water partition coefficient (Wildman–Crippen LogP) is 6.71. The van der Waals surface area contributed by atoms with Gasteiger partial charge in [-0.15, -0.1) is 0 Å². The lowest BCUT2D eigenvalue weighted by Crippen LogP contribution is -2.64. The Bertz CT molecular complexity index is 2420. The number of halogens is 1. The van der Waals surface area contributed by atoms with Crippen molar-refractivity contribution < 1.29 is 58.0 Å². The Hall–Kier alpha value is -5.59. The van der Waals surface area contributed by atoms with Crippen molar-refractivity contribution in [3.8, 4) is 0 Å². The third-order valence-corrected chi connectivity index (χ3v) is 16.0. The van der Waals surface area contributed by atoms with E-state index in [9.17, 15) is 48.5 Å². The highest BCUT2D eigenvalue weighted by molar-refractivity contribution is 5.94. The molecule has 0 radical (unpaired) electrons. The van der Waals surface area contributed by atoms with E-state index in [0.717, 1.165) is 18.4 Å². The summed E-state index contributed by atoms with van der Waals surface area (Å²) in [7, 11) is 0. The first-order chi connectivity index (χ1) is 36.5. The molecule has 1 spiro atoms. The molecule has 4 aliphatic heterocycles. The second kappa shape index (κ2) is 28.9. The van der Waals surface area contributed by atoms with Crippen LogP contribution in [0, 0.1) is 41.3 Å². The van der Waals surface area contributed by atoms with Gasteiger partial charge in [0.2, 0.25) is 17.7 Å². The van der Waals surface area contributed by atoms with Crippen LogP contribution in [0.2, 0.25) is 0 Å². The fourth-order valence-electron chi connectivity index (χ4n) is 10.8. The van der Waals surface area contributed by atoms with Gasteiger partial charge in [-0.1, -0.05) is 102 Å². The molecule has 4 heterocycles. The number of aliphatic hydroxyl groups is 3. The average Bonchev–Trinajstić information content (AvgIpc) is 3.38. The number of piperidine rings is 1. The van der Waals surface area contributed by atoms with Crippen LogP contribution < -0.4 is 21.4 Å². The third-order valence-electron chi connectivity index (χ3n) is 16.0. The highest BCUT2D eigenvalue weighted by Crippen LogP contribution is 2.43. The summed E-state index contributed by atoms with van der Waals surface area (Å²) in [4.78, 5) is 81.9. The molecule has 7 N–H and O–H groups in total. The van der Waals surface area contributed by atoms with E-state index in [0.29, 0.717) is 43.2 Å². The van der Waals surface area contributed by atoms with Crippen molar-refractivity contribution in [1.29, 1.82) is 0 Å². The number of carbonyl (C=O) groups is 6. The maximum absolute atomic E-state index is 14.5. The monoisotopic (exact) mass is 1070 g/mol. The Morgan fingerprint density at radius 1 is 1.04 bits per heavy atom. The van der Waals surface area contributed by atoms with Gasteiger partial charge >= 0.3 is 5.97 Å². The lowest BCUT2D eigenvalue weighted by Gasteiger charge is -2.51. The molecule has 4 amide bonds. The van der Waals surface area contributed by atoms with Crippen LogP contribution in [-0.4, -0.2) is 117 Å². The van der Waals surface area contributed by atoms with Gasteiger partial charge in [0.1, 0.15) is 35.8 Å². The fourth-order valence-corrected chi connectivity index (χ4v) is 10.8. The molecule has 4 aliphatic rings. The molecule has 1 aromatic carbocycles. The maximum Gasteiger partial charge on any atom is 0.325 e. The van der Waals surface area contributed by atoms with Crippen LogP contribution in [0.25, 0.3) is 0 Å². The number of nitrogens with one attached hydrogen (secondary N) is 4. The molecule has 5 rings (SSSR count). The maximum atomic E-state index is 14.5. The van der Waals surface area contributed by atoms with Gasteiger partial charge in [-0.2, -0.15) is 0 Å². The van der Waals surface area contributed by atoms with Crippen LogP contribution >= 0.6 is 0 Å². The number of amides is 4. The molecule has 0 aliphatic carbocycles. The number of allylic oxidation sites excluding steroid dienone is 5. The predicted molar refractivity (Wildman–Crippen MR) is 292 cm³/mol. The van der Waals surface area contributed by atoms with Gasteiger partial charge in [0.05, 0.1) is 30.3 Å². The lowest BCUT2D eigenvalue weighted by molar-refractivity contribution is -0.179. The minimum absolute atomic E-state index is 0.00373. The number of Topliss-reactive ketones (excluding diaryl/α,β-unsaturated/α-hetero) is 1. The number of fused-ring (bicyclic) bond motifs is 2. The topological polar surface area (TPSA) is 233 Å². The zero-order valence-corrected chi connectivity index (χ0v) is 46.6. The molecule has 16 nitrogen and oxygen atoms in total. The van der Waals surface area contributed by atoms with Gasteiger partial charge in [0.25, 0.3) is 5.91 Å². The van der Waals surface area contributed by atoms with Gasteiger partial charge in [0.15, 0.2) is 5.72 Å². The number of benzene rings is 1. The number of hydrazine groups is 1. The third kappa shape index (κ3) is 17.0. The molecule has 1 aromatic rings. The smallest absolute Gasteiger partial charge is 0.325 e. The summed E-state index contributed by atoms with van der Waals surface area (Å²) in [5, 5.41) is 44.1. The number of hydrogen-bond donors (Lipinski definition) is 7. The zero-order valence-electron chi connectivity index (χ0n) is 46.6. The van der Waals surface area contributed by atoms with Gasteiger partial charge in [-0.3, -0.25) is 29.0 Å². The number of cyclic esters (lactones) is 1. The van der Waals surface area contributed by atoms with Crippen LogP contribution in [0.1, 0.15) is 132 Å². The van der Waals surface area contributed by atoms with Crippen molar-refractivity contribution in [3.63, 3.8) is 0 Å². The quantitative estimate of drug-likeness (QED) is 0.0552. The number of esters is 1.